The van der Waals surface area contributed by atoms with Gasteiger partial charge in [0.1, 0.15) is 0 Å². The summed E-state index contributed by atoms with van der Waals surface area (Å²) in [4.78, 5) is 0. The standard InChI is InChI=1S/C2H4.Na.H2O4S.H/c1-2;;1-5(2,3)4;/h1-2H2;;(H2,1,2,3,4);. The van der Waals surface area contributed by atoms with Crippen LogP contribution >= 0.6 is 0 Å². The van der Waals surface area contributed by atoms with Gasteiger partial charge in [-0.3, -0.25) is 9.11 Å². The Morgan fingerprint density at radius 2 is 1.12 bits per heavy atom. The van der Waals surface area contributed by atoms with Crippen LogP contribution in [0.15, 0.2) is 13.2 Å². The average molecular weight is 150 g/mol. The molecule has 0 spiro atoms. The maximum atomic E-state index is 8.74. The van der Waals surface area contributed by atoms with Crippen LogP contribution in [-0.2, 0) is 10.4 Å². The summed E-state index contributed by atoms with van der Waals surface area (Å²) in [7, 11) is -4.67. The van der Waals surface area contributed by atoms with Crippen molar-refractivity contribution in [1.82, 2.24) is 0 Å². The molecule has 0 heterocycles. The van der Waals surface area contributed by atoms with Crippen molar-refractivity contribution in [2.24, 2.45) is 0 Å². The fourth-order valence-electron chi connectivity index (χ4n) is 0. The van der Waals surface area contributed by atoms with Gasteiger partial charge in [0.15, 0.2) is 0 Å². The first-order chi connectivity index (χ1) is 3.00. The SMILES string of the molecule is C=C.O=S(=O)(O)O.[NaH]. The fraction of sp³-hybridized carbons (Fsp3) is 0. The third kappa shape index (κ3) is 559. The van der Waals surface area contributed by atoms with Crippen molar-refractivity contribution in [2.45, 2.75) is 0 Å². The summed E-state index contributed by atoms with van der Waals surface area (Å²) < 4.78 is 31.6. The van der Waals surface area contributed by atoms with Gasteiger partial charge in [-0.05, 0) is 0 Å². The van der Waals surface area contributed by atoms with Crippen molar-refractivity contribution in [3.8, 4) is 0 Å². The van der Waals surface area contributed by atoms with Crippen LogP contribution in [0.5, 0.6) is 0 Å². The molecule has 0 aromatic heterocycles. The van der Waals surface area contributed by atoms with Gasteiger partial charge in [0.05, 0.1) is 0 Å². The van der Waals surface area contributed by atoms with Crippen LogP contribution < -0.4 is 0 Å². The van der Waals surface area contributed by atoms with Crippen LogP contribution in [0, 0.1) is 0 Å². The van der Waals surface area contributed by atoms with Crippen molar-refractivity contribution in [3.05, 3.63) is 13.2 Å². The molecule has 0 unspecified atom stereocenters. The van der Waals surface area contributed by atoms with Gasteiger partial charge in [0.25, 0.3) is 0 Å². The van der Waals surface area contributed by atoms with Crippen LogP contribution in [-0.4, -0.2) is 47.1 Å². The molecule has 0 aromatic carbocycles. The number of hydrogen-bond donors (Lipinski definition) is 2. The molecule has 0 aliphatic rings. The Bertz CT molecular complexity index is 108. The summed E-state index contributed by atoms with van der Waals surface area (Å²) in [6.07, 6.45) is 0. The van der Waals surface area contributed by atoms with E-state index in [0.29, 0.717) is 0 Å². The summed E-state index contributed by atoms with van der Waals surface area (Å²) in [6, 6.07) is 0. The first-order valence-corrected chi connectivity index (χ1v) is 2.60. The van der Waals surface area contributed by atoms with Gasteiger partial charge in [-0.25, -0.2) is 0 Å². The molecule has 6 heteroatoms. The molecule has 0 bridgehead atoms. The quantitative estimate of drug-likeness (QED) is 0.277. The van der Waals surface area contributed by atoms with E-state index in [2.05, 4.69) is 13.2 Å². The number of rotatable bonds is 0. The molecule has 0 aromatic rings. The molecule has 0 rings (SSSR count). The molecule has 0 fully saturated rings. The molecular weight excluding hydrogens is 143 g/mol. The normalized spacial score (nSPS) is 7.75. The van der Waals surface area contributed by atoms with Gasteiger partial charge < -0.3 is 0 Å². The van der Waals surface area contributed by atoms with E-state index in [-0.39, 0.29) is 29.6 Å². The summed E-state index contributed by atoms with van der Waals surface area (Å²) in [5.74, 6) is 0. The Kier molecular flexibility index (Phi) is 15.1. The van der Waals surface area contributed by atoms with E-state index >= 15 is 0 Å². The minimum absolute atomic E-state index is 0. The molecule has 0 radical (unpaired) electrons. The minimum atomic E-state index is -4.67. The van der Waals surface area contributed by atoms with E-state index in [4.69, 9.17) is 17.5 Å². The van der Waals surface area contributed by atoms with E-state index in [9.17, 15) is 0 Å². The predicted octanol–water partition coefficient (Wildman–Crippen LogP) is -0.499. The zero-order valence-corrected chi connectivity index (χ0v) is 4.35. The average Bonchev–Trinajstić information content (AvgIpc) is 1.36. The van der Waals surface area contributed by atoms with Crippen LogP contribution in [0.25, 0.3) is 0 Å². The van der Waals surface area contributed by atoms with Crippen molar-refractivity contribution in [2.75, 3.05) is 0 Å². The van der Waals surface area contributed by atoms with Crippen molar-refractivity contribution >= 4 is 40.0 Å². The second-order valence-electron chi connectivity index (χ2n) is 0.448. The van der Waals surface area contributed by atoms with E-state index in [0.717, 1.165) is 0 Å². The first-order valence-electron chi connectivity index (χ1n) is 1.20. The predicted molar refractivity (Wildman–Crippen MR) is 32.6 cm³/mol. The van der Waals surface area contributed by atoms with Crippen LogP contribution in [0.2, 0.25) is 0 Å². The van der Waals surface area contributed by atoms with Crippen molar-refractivity contribution in [3.63, 3.8) is 0 Å². The molecule has 8 heavy (non-hydrogen) atoms. The molecular formula is C2H7NaO4S. The molecule has 46 valence electrons. The van der Waals surface area contributed by atoms with Gasteiger partial charge in [-0.15, -0.1) is 13.2 Å². The van der Waals surface area contributed by atoms with Gasteiger partial charge in [0.2, 0.25) is 0 Å². The van der Waals surface area contributed by atoms with E-state index in [1.807, 2.05) is 0 Å². The molecule has 0 amide bonds. The Morgan fingerprint density at radius 1 is 1.12 bits per heavy atom. The second kappa shape index (κ2) is 7.61. The second-order valence-corrected chi connectivity index (χ2v) is 1.34. The van der Waals surface area contributed by atoms with Gasteiger partial charge >= 0.3 is 40.0 Å². The molecule has 0 saturated heterocycles. The topological polar surface area (TPSA) is 74.6 Å². The summed E-state index contributed by atoms with van der Waals surface area (Å²) >= 11 is 0. The van der Waals surface area contributed by atoms with Crippen LogP contribution in [0.3, 0.4) is 0 Å². The molecule has 0 saturated carbocycles. The van der Waals surface area contributed by atoms with Crippen LogP contribution in [0.1, 0.15) is 0 Å². The first kappa shape index (κ1) is 15.8. The van der Waals surface area contributed by atoms with Gasteiger partial charge in [-0.1, -0.05) is 0 Å². The van der Waals surface area contributed by atoms with Crippen LogP contribution in [0.4, 0.5) is 0 Å². The Hall–Kier alpha value is 0.610. The molecule has 0 aliphatic heterocycles. The van der Waals surface area contributed by atoms with E-state index < -0.39 is 10.4 Å². The van der Waals surface area contributed by atoms with Crippen molar-refractivity contribution in [1.29, 1.82) is 0 Å². The third-order valence-electron chi connectivity index (χ3n) is 0. The molecule has 2 N–H and O–H groups in total. The Balaban J connectivity index is -0.0000000750. The third-order valence-corrected chi connectivity index (χ3v) is 0. The summed E-state index contributed by atoms with van der Waals surface area (Å²) in [6.45, 7) is 6.00. The molecule has 4 nitrogen and oxygen atoms in total. The van der Waals surface area contributed by atoms with E-state index in [1.54, 1.807) is 0 Å². The summed E-state index contributed by atoms with van der Waals surface area (Å²) in [5.41, 5.74) is 0. The molecule has 0 aliphatic carbocycles. The van der Waals surface area contributed by atoms with E-state index in [1.165, 1.54) is 0 Å². The van der Waals surface area contributed by atoms with Crippen molar-refractivity contribution < 1.29 is 17.5 Å². The zero-order chi connectivity index (χ0) is 6.50. The zero-order valence-electron chi connectivity index (χ0n) is 3.53. The Labute approximate surface area is 70.5 Å². The fourth-order valence-corrected chi connectivity index (χ4v) is 0. The number of hydrogen-bond acceptors (Lipinski definition) is 2. The van der Waals surface area contributed by atoms with Gasteiger partial charge in [0, 0.05) is 0 Å². The Morgan fingerprint density at radius 3 is 1.12 bits per heavy atom. The monoisotopic (exact) mass is 150 g/mol. The maximum absolute atomic E-state index is 8.74. The summed E-state index contributed by atoms with van der Waals surface area (Å²) in [5, 5.41) is 0. The molecule has 0 atom stereocenters. The van der Waals surface area contributed by atoms with Gasteiger partial charge in [-0.2, -0.15) is 8.42 Å².